The van der Waals surface area contributed by atoms with Gasteiger partial charge in [0.2, 0.25) is 0 Å². The van der Waals surface area contributed by atoms with E-state index in [4.69, 9.17) is 0 Å². The smallest absolute Gasteiger partial charge is 0.191 e. The molecule has 3 nitrogen and oxygen atoms in total. The second-order valence-electron chi connectivity index (χ2n) is 5.00. The maximum absolute atomic E-state index is 4.64. The minimum absolute atomic E-state index is 0. The van der Waals surface area contributed by atoms with Crippen molar-refractivity contribution in [1.82, 2.24) is 10.6 Å². The number of aryl methyl sites for hydroxylation is 1. The fourth-order valence-corrected chi connectivity index (χ4v) is 3.44. The van der Waals surface area contributed by atoms with Crippen molar-refractivity contribution in [1.29, 1.82) is 0 Å². The van der Waals surface area contributed by atoms with Crippen LogP contribution >= 0.6 is 47.1 Å². The van der Waals surface area contributed by atoms with Crippen molar-refractivity contribution < 1.29 is 0 Å². The van der Waals surface area contributed by atoms with E-state index in [-0.39, 0.29) is 24.0 Å². The third kappa shape index (κ3) is 6.73. The van der Waals surface area contributed by atoms with Crippen LogP contribution in [-0.4, -0.2) is 18.8 Å². The number of halogens is 1. The van der Waals surface area contributed by atoms with Gasteiger partial charge in [-0.3, -0.25) is 0 Å². The standard InChI is InChI=1S/C17H23N3S2.HI/c1-4-18-17(19-10-14-7-8-22-12-14)20-11-15-6-5-13(2)9-16(15)21-3;/h5-9,12H,4,10-11H2,1-3H3,(H2,18,19,20);1H. The summed E-state index contributed by atoms with van der Waals surface area (Å²) >= 11 is 3.50. The van der Waals surface area contributed by atoms with Gasteiger partial charge in [-0.1, -0.05) is 12.1 Å². The first-order chi connectivity index (χ1) is 10.7. The van der Waals surface area contributed by atoms with Gasteiger partial charge in [-0.15, -0.1) is 35.7 Å². The van der Waals surface area contributed by atoms with E-state index in [1.54, 1.807) is 23.1 Å². The summed E-state index contributed by atoms with van der Waals surface area (Å²) in [6, 6.07) is 8.70. The Balaban J connectivity index is 0.00000264. The van der Waals surface area contributed by atoms with Gasteiger partial charge < -0.3 is 10.6 Å². The molecule has 0 aliphatic carbocycles. The van der Waals surface area contributed by atoms with Gasteiger partial charge >= 0.3 is 0 Å². The van der Waals surface area contributed by atoms with Gasteiger partial charge in [0, 0.05) is 18.0 Å². The second kappa shape index (κ2) is 10.9. The number of hydrogen-bond donors (Lipinski definition) is 2. The average molecular weight is 461 g/mol. The van der Waals surface area contributed by atoms with Crippen LogP contribution in [-0.2, 0) is 13.1 Å². The van der Waals surface area contributed by atoms with E-state index < -0.39 is 0 Å². The van der Waals surface area contributed by atoms with Crippen molar-refractivity contribution in [3.63, 3.8) is 0 Å². The molecule has 0 saturated carbocycles. The molecule has 0 fully saturated rings. The molecule has 23 heavy (non-hydrogen) atoms. The van der Waals surface area contributed by atoms with Crippen molar-refractivity contribution >= 4 is 53.0 Å². The van der Waals surface area contributed by atoms with E-state index in [0.717, 1.165) is 19.0 Å². The Morgan fingerprint density at radius 1 is 1.26 bits per heavy atom. The highest BCUT2D eigenvalue weighted by Gasteiger charge is 2.04. The van der Waals surface area contributed by atoms with E-state index in [1.807, 2.05) is 0 Å². The lowest BCUT2D eigenvalue weighted by atomic mass is 10.1. The highest BCUT2D eigenvalue weighted by molar-refractivity contribution is 14.0. The van der Waals surface area contributed by atoms with Crippen molar-refractivity contribution in [2.45, 2.75) is 31.8 Å². The third-order valence-corrected chi connectivity index (χ3v) is 4.78. The normalized spacial score (nSPS) is 11.0. The molecule has 2 N–H and O–H groups in total. The van der Waals surface area contributed by atoms with Crippen molar-refractivity contribution in [3.05, 3.63) is 51.7 Å². The summed E-state index contributed by atoms with van der Waals surface area (Å²) in [5.41, 5.74) is 3.85. The van der Waals surface area contributed by atoms with Crippen LogP contribution in [0.25, 0.3) is 0 Å². The largest absolute Gasteiger partial charge is 0.357 e. The number of aliphatic imine (C=N–C) groups is 1. The SMILES string of the molecule is CCNC(=NCc1ccsc1)NCc1ccc(C)cc1SC.I. The van der Waals surface area contributed by atoms with Crippen LogP contribution < -0.4 is 10.6 Å². The minimum atomic E-state index is 0. The summed E-state index contributed by atoms with van der Waals surface area (Å²) in [6.45, 7) is 6.57. The summed E-state index contributed by atoms with van der Waals surface area (Å²) in [5, 5.41) is 10.9. The number of hydrogen-bond acceptors (Lipinski definition) is 3. The van der Waals surface area contributed by atoms with Gasteiger partial charge in [-0.25, -0.2) is 4.99 Å². The highest BCUT2D eigenvalue weighted by Crippen LogP contribution is 2.21. The van der Waals surface area contributed by atoms with E-state index >= 15 is 0 Å². The average Bonchev–Trinajstić information content (AvgIpc) is 3.04. The number of thioether (sulfide) groups is 1. The molecule has 0 aliphatic heterocycles. The Morgan fingerprint density at radius 3 is 2.74 bits per heavy atom. The molecule has 2 rings (SSSR count). The van der Waals surface area contributed by atoms with Gasteiger partial charge in [-0.05, 0) is 59.7 Å². The van der Waals surface area contributed by atoms with Gasteiger partial charge in [0.1, 0.15) is 0 Å². The van der Waals surface area contributed by atoms with Gasteiger partial charge in [-0.2, -0.15) is 11.3 Å². The zero-order chi connectivity index (χ0) is 15.8. The first kappa shape index (κ1) is 20.3. The number of rotatable bonds is 6. The molecular weight excluding hydrogens is 437 g/mol. The Hall–Kier alpha value is -0.730. The van der Waals surface area contributed by atoms with Gasteiger partial charge in [0.05, 0.1) is 6.54 Å². The van der Waals surface area contributed by atoms with Crippen LogP contribution in [0, 0.1) is 6.92 Å². The lowest BCUT2D eigenvalue weighted by Crippen LogP contribution is -2.36. The van der Waals surface area contributed by atoms with E-state index in [2.05, 4.69) is 70.8 Å². The van der Waals surface area contributed by atoms with Crippen LogP contribution in [0.4, 0.5) is 0 Å². The van der Waals surface area contributed by atoms with E-state index in [0.29, 0.717) is 6.54 Å². The fraction of sp³-hybridized carbons (Fsp3) is 0.353. The molecular formula is C17H24IN3S2. The quantitative estimate of drug-likeness (QED) is 0.285. The molecule has 0 radical (unpaired) electrons. The summed E-state index contributed by atoms with van der Waals surface area (Å²) in [5.74, 6) is 0.862. The maximum Gasteiger partial charge on any atom is 0.191 e. The number of guanidine groups is 1. The lowest BCUT2D eigenvalue weighted by molar-refractivity contribution is 0.807. The minimum Gasteiger partial charge on any atom is -0.357 e. The van der Waals surface area contributed by atoms with E-state index in [1.165, 1.54) is 21.6 Å². The van der Waals surface area contributed by atoms with Crippen LogP contribution in [0.3, 0.4) is 0 Å². The monoisotopic (exact) mass is 461 g/mol. The second-order valence-corrected chi connectivity index (χ2v) is 6.62. The number of thiophene rings is 1. The van der Waals surface area contributed by atoms with Crippen LogP contribution in [0.15, 0.2) is 44.9 Å². The number of nitrogens with zero attached hydrogens (tertiary/aromatic N) is 1. The lowest BCUT2D eigenvalue weighted by Gasteiger charge is -2.13. The van der Waals surface area contributed by atoms with Crippen molar-refractivity contribution in [2.24, 2.45) is 4.99 Å². The Bertz CT molecular complexity index is 612. The molecule has 1 heterocycles. The van der Waals surface area contributed by atoms with Crippen LogP contribution in [0.5, 0.6) is 0 Å². The molecule has 1 aromatic heterocycles. The molecule has 126 valence electrons. The number of nitrogens with one attached hydrogen (secondary N) is 2. The van der Waals surface area contributed by atoms with E-state index in [9.17, 15) is 0 Å². The predicted octanol–water partition coefficient (Wildman–Crippen LogP) is 4.65. The molecule has 1 aromatic carbocycles. The molecule has 0 amide bonds. The topological polar surface area (TPSA) is 36.4 Å². The molecule has 0 aliphatic rings. The molecule has 0 unspecified atom stereocenters. The molecule has 2 aromatic rings. The number of benzene rings is 1. The van der Waals surface area contributed by atoms with Gasteiger partial charge in [0.25, 0.3) is 0 Å². The molecule has 0 atom stereocenters. The Morgan fingerprint density at radius 2 is 2.09 bits per heavy atom. The van der Waals surface area contributed by atoms with Crippen molar-refractivity contribution in [2.75, 3.05) is 12.8 Å². The molecule has 6 heteroatoms. The third-order valence-electron chi connectivity index (χ3n) is 3.23. The fourth-order valence-electron chi connectivity index (χ4n) is 2.07. The van der Waals surface area contributed by atoms with Crippen LogP contribution in [0.1, 0.15) is 23.6 Å². The summed E-state index contributed by atoms with van der Waals surface area (Å²) in [6.07, 6.45) is 2.12. The van der Waals surface area contributed by atoms with Crippen molar-refractivity contribution in [3.8, 4) is 0 Å². The summed E-state index contributed by atoms with van der Waals surface area (Å²) in [7, 11) is 0. The highest BCUT2D eigenvalue weighted by atomic mass is 127. The zero-order valence-corrected chi connectivity index (χ0v) is 17.7. The Labute approximate surface area is 164 Å². The molecule has 0 spiro atoms. The first-order valence-electron chi connectivity index (χ1n) is 7.39. The predicted molar refractivity (Wildman–Crippen MR) is 114 cm³/mol. The molecule has 0 bridgehead atoms. The molecule has 0 saturated heterocycles. The maximum atomic E-state index is 4.64. The summed E-state index contributed by atoms with van der Waals surface area (Å²) in [4.78, 5) is 5.96. The van der Waals surface area contributed by atoms with Crippen LogP contribution in [0.2, 0.25) is 0 Å². The summed E-state index contributed by atoms with van der Waals surface area (Å²) < 4.78 is 0. The Kier molecular flexibility index (Phi) is 9.66. The van der Waals surface area contributed by atoms with Gasteiger partial charge in [0.15, 0.2) is 5.96 Å². The zero-order valence-electron chi connectivity index (χ0n) is 13.8. The first-order valence-corrected chi connectivity index (χ1v) is 9.56.